The average Bonchev–Trinajstić information content (AvgIpc) is 2.75. The van der Waals surface area contributed by atoms with Crippen LogP contribution in [0.25, 0.3) is 0 Å². The Labute approximate surface area is 101 Å². The molecule has 0 fully saturated rings. The van der Waals surface area contributed by atoms with Crippen LogP contribution in [0.1, 0.15) is 12.5 Å². The van der Waals surface area contributed by atoms with Crippen molar-refractivity contribution in [3.8, 4) is 0 Å². The van der Waals surface area contributed by atoms with Crippen molar-refractivity contribution in [2.24, 2.45) is 0 Å². The Balaban J connectivity index is 2.05. The quantitative estimate of drug-likeness (QED) is 0.741. The fourth-order valence-corrected chi connectivity index (χ4v) is 2.17. The van der Waals surface area contributed by atoms with Gasteiger partial charge in [-0.3, -0.25) is 9.78 Å². The lowest BCUT2D eigenvalue weighted by Gasteiger charge is -2.12. The first kappa shape index (κ1) is 11.6. The molecule has 0 spiro atoms. The lowest BCUT2D eigenvalue weighted by molar-refractivity contribution is 0.768. The van der Waals surface area contributed by atoms with Gasteiger partial charge < -0.3 is 5.32 Å². The Bertz CT molecular complexity index is 587. The number of H-pyrrole nitrogens is 2. The molecular weight excluding hydrogens is 240 g/mol. The summed E-state index contributed by atoms with van der Waals surface area (Å²) in [7, 11) is 0. The molecule has 1 atom stereocenters. The first-order chi connectivity index (χ1) is 8.15. The molecule has 2 heterocycles. The van der Waals surface area contributed by atoms with Crippen LogP contribution in [0.4, 0.5) is 5.82 Å². The Morgan fingerprint density at radius 1 is 1.53 bits per heavy atom. The molecule has 1 unspecified atom stereocenters. The minimum Gasteiger partial charge on any atom is -0.361 e. The molecule has 0 aliphatic heterocycles. The van der Waals surface area contributed by atoms with Gasteiger partial charge in [-0.25, -0.2) is 9.89 Å². The average molecular weight is 252 g/mol. The maximum absolute atomic E-state index is 11.4. The number of thiophene rings is 1. The van der Waals surface area contributed by atoms with E-state index in [1.165, 1.54) is 5.56 Å². The standard InChI is InChI=1S/C10H12N4O2S/c1-6(4-7-2-3-17-5-7)11-8-9(15)12-10(16)14-13-8/h2-3,5-6H,4H2,1H3,(H,11,13)(H2,12,14,15,16). The van der Waals surface area contributed by atoms with Crippen molar-refractivity contribution in [2.45, 2.75) is 19.4 Å². The molecule has 0 radical (unpaired) electrons. The van der Waals surface area contributed by atoms with Gasteiger partial charge in [-0.05, 0) is 35.7 Å². The monoisotopic (exact) mass is 252 g/mol. The van der Waals surface area contributed by atoms with Crippen LogP contribution in [0.15, 0.2) is 26.4 Å². The summed E-state index contributed by atoms with van der Waals surface area (Å²) in [5.74, 6) is 0.132. The van der Waals surface area contributed by atoms with Crippen LogP contribution in [0.2, 0.25) is 0 Å². The molecular formula is C10H12N4O2S. The minimum atomic E-state index is -0.606. The molecule has 0 aromatic carbocycles. The van der Waals surface area contributed by atoms with Crippen molar-refractivity contribution in [3.63, 3.8) is 0 Å². The van der Waals surface area contributed by atoms with E-state index >= 15 is 0 Å². The van der Waals surface area contributed by atoms with E-state index in [-0.39, 0.29) is 11.9 Å². The summed E-state index contributed by atoms with van der Waals surface area (Å²) in [6.07, 6.45) is 0.795. The zero-order valence-electron chi connectivity index (χ0n) is 9.19. The second kappa shape index (κ2) is 4.96. The van der Waals surface area contributed by atoms with E-state index in [0.717, 1.165) is 6.42 Å². The van der Waals surface area contributed by atoms with E-state index < -0.39 is 11.2 Å². The van der Waals surface area contributed by atoms with Crippen LogP contribution in [-0.2, 0) is 6.42 Å². The number of hydrogen-bond donors (Lipinski definition) is 3. The summed E-state index contributed by atoms with van der Waals surface area (Å²) in [6.45, 7) is 1.95. The second-order valence-corrected chi connectivity index (χ2v) is 4.52. The van der Waals surface area contributed by atoms with Gasteiger partial charge in [-0.2, -0.15) is 11.3 Å². The molecule has 7 heteroatoms. The van der Waals surface area contributed by atoms with Crippen LogP contribution in [0.3, 0.4) is 0 Å². The van der Waals surface area contributed by atoms with Crippen LogP contribution in [0, 0.1) is 0 Å². The van der Waals surface area contributed by atoms with Crippen LogP contribution in [-0.4, -0.2) is 21.2 Å². The van der Waals surface area contributed by atoms with Crippen molar-refractivity contribution >= 4 is 17.2 Å². The third-order valence-corrected chi connectivity index (χ3v) is 2.95. The SMILES string of the molecule is CC(Cc1ccsc1)Nc1n[nH]c(=O)[nH]c1=O. The van der Waals surface area contributed by atoms with E-state index in [0.29, 0.717) is 0 Å². The Morgan fingerprint density at radius 3 is 3.00 bits per heavy atom. The van der Waals surface area contributed by atoms with Gasteiger partial charge >= 0.3 is 5.69 Å². The topological polar surface area (TPSA) is 90.6 Å². The predicted octanol–water partition coefficient (Wildman–Crippen LogP) is 0.563. The van der Waals surface area contributed by atoms with Gasteiger partial charge in [0, 0.05) is 6.04 Å². The smallest absolute Gasteiger partial charge is 0.342 e. The van der Waals surface area contributed by atoms with Gasteiger partial charge in [-0.1, -0.05) is 0 Å². The van der Waals surface area contributed by atoms with Crippen molar-refractivity contribution in [1.29, 1.82) is 0 Å². The summed E-state index contributed by atoms with van der Waals surface area (Å²) in [4.78, 5) is 24.3. The van der Waals surface area contributed by atoms with Crippen LogP contribution in [0.5, 0.6) is 0 Å². The molecule has 90 valence electrons. The van der Waals surface area contributed by atoms with Crippen molar-refractivity contribution < 1.29 is 0 Å². The van der Waals surface area contributed by atoms with Gasteiger partial charge in [0.15, 0.2) is 0 Å². The summed E-state index contributed by atoms with van der Waals surface area (Å²) in [6, 6.07) is 2.09. The lowest BCUT2D eigenvalue weighted by Crippen LogP contribution is -2.30. The summed E-state index contributed by atoms with van der Waals surface area (Å²) in [5.41, 5.74) is 0.0906. The molecule has 6 nitrogen and oxygen atoms in total. The summed E-state index contributed by atoms with van der Waals surface area (Å²) >= 11 is 1.63. The maximum atomic E-state index is 11.4. The van der Waals surface area contributed by atoms with Crippen LogP contribution < -0.4 is 16.6 Å². The third kappa shape index (κ3) is 3.04. The predicted molar refractivity (Wildman–Crippen MR) is 66.6 cm³/mol. The van der Waals surface area contributed by atoms with E-state index in [9.17, 15) is 9.59 Å². The summed E-state index contributed by atoms with van der Waals surface area (Å²) in [5, 5.41) is 12.9. The van der Waals surface area contributed by atoms with Crippen molar-refractivity contribution in [2.75, 3.05) is 5.32 Å². The molecule has 2 rings (SSSR count). The lowest BCUT2D eigenvalue weighted by atomic mass is 10.1. The Kier molecular flexibility index (Phi) is 3.38. The molecule has 2 aromatic heterocycles. The number of nitrogens with one attached hydrogen (secondary N) is 3. The molecule has 0 saturated heterocycles. The van der Waals surface area contributed by atoms with Gasteiger partial charge in [0.2, 0.25) is 5.82 Å². The van der Waals surface area contributed by atoms with Crippen LogP contribution >= 0.6 is 11.3 Å². The molecule has 2 aromatic rings. The number of hydrogen-bond acceptors (Lipinski definition) is 5. The van der Waals surface area contributed by atoms with Crippen molar-refractivity contribution in [3.05, 3.63) is 43.2 Å². The highest BCUT2D eigenvalue weighted by molar-refractivity contribution is 7.07. The number of nitrogens with zero attached hydrogens (tertiary/aromatic N) is 1. The zero-order chi connectivity index (χ0) is 12.3. The largest absolute Gasteiger partial charge is 0.361 e. The fraction of sp³-hybridized carbons (Fsp3) is 0.300. The molecule has 0 aliphatic carbocycles. The minimum absolute atomic E-state index is 0.0594. The highest BCUT2D eigenvalue weighted by Crippen LogP contribution is 2.09. The second-order valence-electron chi connectivity index (χ2n) is 3.74. The maximum Gasteiger partial charge on any atom is 0.342 e. The van der Waals surface area contributed by atoms with Crippen molar-refractivity contribution in [1.82, 2.24) is 15.2 Å². The number of rotatable bonds is 4. The Morgan fingerprint density at radius 2 is 2.35 bits per heavy atom. The molecule has 0 aliphatic rings. The molecule has 3 N–H and O–H groups in total. The summed E-state index contributed by atoms with van der Waals surface area (Å²) < 4.78 is 0. The molecule has 0 saturated carbocycles. The number of aromatic nitrogens is 3. The fourth-order valence-electron chi connectivity index (χ4n) is 1.49. The molecule has 17 heavy (non-hydrogen) atoms. The normalized spacial score (nSPS) is 12.3. The number of aromatic amines is 2. The molecule has 0 bridgehead atoms. The highest BCUT2D eigenvalue weighted by Gasteiger charge is 2.08. The highest BCUT2D eigenvalue weighted by atomic mass is 32.1. The van der Waals surface area contributed by atoms with Gasteiger partial charge in [0.25, 0.3) is 5.56 Å². The van der Waals surface area contributed by atoms with E-state index in [1.54, 1.807) is 11.3 Å². The first-order valence-electron chi connectivity index (χ1n) is 5.12. The molecule has 0 amide bonds. The zero-order valence-corrected chi connectivity index (χ0v) is 10.0. The van der Waals surface area contributed by atoms with E-state index in [2.05, 4.69) is 25.9 Å². The third-order valence-electron chi connectivity index (χ3n) is 2.22. The Hall–Kier alpha value is -1.89. The van der Waals surface area contributed by atoms with Gasteiger partial charge in [0.1, 0.15) is 0 Å². The van der Waals surface area contributed by atoms with E-state index in [1.807, 2.05) is 18.4 Å². The van der Waals surface area contributed by atoms with Gasteiger partial charge in [-0.15, -0.1) is 5.10 Å². The van der Waals surface area contributed by atoms with E-state index in [4.69, 9.17) is 0 Å². The van der Waals surface area contributed by atoms with Gasteiger partial charge in [0.05, 0.1) is 0 Å². The number of anilines is 1. The first-order valence-corrected chi connectivity index (χ1v) is 6.06.